The van der Waals surface area contributed by atoms with Crippen molar-refractivity contribution in [1.29, 1.82) is 0 Å². The molecule has 2 rings (SSSR count). The maximum absolute atomic E-state index is 12.0. The zero-order valence-electron chi connectivity index (χ0n) is 12.3. The third-order valence-corrected chi connectivity index (χ3v) is 3.18. The van der Waals surface area contributed by atoms with Crippen LogP contribution in [0.25, 0.3) is 0 Å². The van der Waals surface area contributed by atoms with Crippen LogP contribution in [0.5, 0.6) is 0 Å². The number of nitrogens with zero attached hydrogens (tertiary/aromatic N) is 1. The van der Waals surface area contributed by atoms with Gasteiger partial charge in [-0.1, -0.05) is 6.07 Å². The van der Waals surface area contributed by atoms with Crippen molar-refractivity contribution in [2.45, 2.75) is 32.9 Å². The number of esters is 2. The van der Waals surface area contributed by atoms with Gasteiger partial charge >= 0.3 is 11.9 Å². The van der Waals surface area contributed by atoms with Crippen LogP contribution in [0.15, 0.2) is 41.7 Å². The predicted octanol–water partition coefficient (Wildman–Crippen LogP) is -1.83. The topological polar surface area (TPSA) is 56.5 Å². The summed E-state index contributed by atoms with van der Waals surface area (Å²) in [5, 5.41) is 0. The van der Waals surface area contributed by atoms with Gasteiger partial charge in [-0.05, 0) is 20.8 Å². The molecule has 0 aliphatic carbocycles. The van der Waals surface area contributed by atoms with Gasteiger partial charge in [0.15, 0.2) is 24.5 Å². The summed E-state index contributed by atoms with van der Waals surface area (Å²) in [7, 11) is 0. The van der Waals surface area contributed by atoms with E-state index in [0.717, 1.165) is 0 Å². The molecule has 0 unspecified atom stereocenters. The number of aromatic nitrogens is 1. The van der Waals surface area contributed by atoms with Gasteiger partial charge in [0, 0.05) is 12.1 Å². The highest BCUT2D eigenvalue weighted by atomic mass is 127. The van der Waals surface area contributed by atoms with Crippen molar-refractivity contribution >= 4 is 11.9 Å². The summed E-state index contributed by atoms with van der Waals surface area (Å²) < 4.78 is 12.1. The molecule has 2 heterocycles. The molecule has 0 radical (unpaired) electrons. The van der Waals surface area contributed by atoms with Crippen molar-refractivity contribution in [2.24, 2.45) is 0 Å². The molecule has 1 aliphatic heterocycles. The number of cyclic esters (lactones) is 1. The smallest absolute Gasteiger partial charge is 0.346 e. The molecule has 21 heavy (non-hydrogen) atoms. The number of hydrogen-bond acceptors (Lipinski definition) is 4. The van der Waals surface area contributed by atoms with Crippen LogP contribution in [0.4, 0.5) is 0 Å². The molecule has 0 atom stereocenters. The van der Waals surface area contributed by atoms with Crippen LogP contribution in [0.1, 0.15) is 20.8 Å². The summed E-state index contributed by atoms with van der Waals surface area (Å²) in [4.78, 5) is 23.9. The number of ether oxygens (including phenoxy) is 2. The number of pyridine rings is 1. The van der Waals surface area contributed by atoms with Crippen molar-refractivity contribution < 1.29 is 47.6 Å². The van der Waals surface area contributed by atoms with E-state index in [1.165, 1.54) is 0 Å². The zero-order chi connectivity index (χ0) is 14.8. The molecule has 114 valence electrons. The Morgan fingerprint density at radius 3 is 2.48 bits per heavy atom. The Bertz CT molecular complexity index is 566. The van der Waals surface area contributed by atoms with Gasteiger partial charge in [0.2, 0.25) is 0 Å². The van der Waals surface area contributed by atoms with Crippen molar-refractivity contribution in [3.05, 3.63) is 41.7 Å². The largest absolute Gasteiger partial charge is 1.00 e. The molecular formula is C15H18INO4. The average Bonchev–Trinajstić information content (AvgIpc) is 2.60. The van der Waals surface area contributed by atoms with Gasteiger partial charge in [-0.15, -0.1) is 0 Å². The number of carbonyl (C=O) groups is 2. The molecule has 1 aromatic rings. The molecule has 6 heteroatoms. The lowest BCUT2D eigenvalue weighted by atomic mass is 9.95. The Kier molecular flexibility index (Phi) is 5.88. The fourth-order valence-electron chi connectivity index (χ4n) is 2.17. The molecule has 5 nitrogen and oxygen atoms in total. The zero-order valence-corrected chi connectivity index (χ0v) is 14.4. The first-order valence-electron chi connectivity index (χ1n) is 6.54. The highest BCUT2D eigenvalue weighted by molar-refractivity contribution is 6.16. The van der Waals surface area contributed by atoms with Crippen molar-refractivity contribution in [2.75, 3.05) is 6.61 Å². The fourth-order valence-corrected chi connectivity index (χ4v) is 2.17. The van der Waals surface area contributed by atoms with Gasteiger partial charge in [-0.2, -0.15) is 0 Å². The van der Waals surface area contributed by atoms with E-state index < -0.39 is 17.5 Å². The van der Waals surface area contributed by atoms with Crippen molar-refractivity contribution in [3.63, 3.8) is 0 Å². The Morgan fingerprint density at radius 1 is 1.29 bits per heavy atom. The first kappa shape index (κ1) is 17.6. The molecule has 0 N–H and O–H groups in total. The minimum absolute atomic E-state index is 0. The number of halogens is 1. The lowest BCUT2D eigenvalue weighted by Gasteiger charge is -2.19. The fraction of sp³-hybridized carbons (Fsp3) is 0.400. The Labute approximate surface area is 141 Å². The third-order valence-electron chi connectivity index (χ3n) is 3.18. The quantitative estimate of drug-likeness (QED) is 0.257. The maximum atomic E-state index is 12.0. The van der Waals surface area contributed by atoms with Gasteiger partial charge in [-0.3, -0.25) is 0 Å². The summed E-state index contributed by atoms with van der Waals surface area (Å²) in [5.41, 5.74) is -0.146. The van der Waals surface area contributed by atoms with Crippen LogP contribution in [0.3, 0.4) is 0 Å². The minimum Gasteiger partial charge on any atom is -1.00 e. The molecule has 0 saturated carbocycles. The van der Waals surface area contributed by atoms with Crippen LogP contribution in [-0.2, 0) is 25.6 Å². The molecule has 0 saturated heterocycles. The number of rotatable bonds is 4. The van der Waals surface area contributed by atoms with Crippen LogP contribution in [0, 0.1) is 0 Å². The Balaban J connectivity index is 0.00000220. The molecule has 0 amide bonds. The van der Waals surface area contributed by atoms with Crippen LogP contribution < -0.4 is 28.5 Å². The SMILES string of the molecule is CCOC(=O)C1=C(C[n+]2ccccc2)C(C)(C)OC1=O.[I-]. The lowest BCUT2D eigenvalue weighted by molar-refractivity contribution is -0.689. The minimum atomic E-state index is -0.804. The second kappa shape index (κ2) is 7.02. The van der Waals surface area contributed by atoms with E-state index in [0.29, 0.717) is 12.1 Å². The van der Waals surface area contributed by atoms with E-state index in [1.54, 1.807) is 20.8 Å². The van der Waals surface area contributed by atoms with Crippen molar-refractivity contribution in [1.82, 2.24) is 0 Å². The van der Waals surface area contributed by atoms with Gasteiger partial charge < -0.3 is 33.5 Å². The van der Waals surface area contributed by atoms with Crippen molar-refractivity contribution in [3.8, 4) is 0 Å². The normalized spacial score (nSPS) is 16.2. The van der Waals surface area contributed by atoms with Gasteiger partial charge in [0.1, 0.15) is 5.60 Å². The van der Waals surface area contributed by atoms with E-state index in [2.05, 4.69) is 0 Å². The first-order valence-corrected chi connectivity index (χ1v) is 6.54. The van der Waals surface area contributed by atoms with Gasteiger partial charge in [0.25, 0.3) is 0 Å². The average molecular weight is 403 g/mol. The summed E-state index contributed by atoms with van der Waals surface area (Å²) in [5.74, 6) is -1.23. The summed E-state index contributed by atoms with van der Waals surface area (Å²) in [6.07, 6.45) is 3.74. The first-order chi connectivity index (χ1) is 9.45. The molecule has 0 aromatic carbocycles. The molecule has 1 aromatic heterocycles. The van der Waals surface area contributed by atoms with E-state index >= 15 is 0 Å². The van der Waals surface area contributed by atoms with E-state index in [-0.39, 0.29) is 36.2 Å². The second-order valence-corrected chi connectivity index (χ2v) is 5.02. The van der Waals surface area contributed by atoms with Gasteiger partial charge in [-0.25, -0.2) is 14.2 Å². The van der Waals surface area contributed by atoms with Crippen LogP contribution in [-0.4, -0.2) is 24.1 Å². The maximum Gasteiger partial charge on any atom is 0.346 e. The predicted molar refractivity (Wildman–Crippen MR) is 70.5 cm³/mol. The Hall–Kier alpha value is -1.44. The third kappa shape index (κ3) is 3.81. The van der Waals surface area contributed by atoms with Crippen LogP contribution in [0.2, 0.25) is 0 Å². The second-order valence-electron chi connectivity index (χ2n) is 5.02. The Morgan fingerprint density at radius 2 is 1.90 bits per heavy atom. The van der Waals surface area contributed by atoms with E-state index in [4.69, 9.17) is 9.47 Å². The molecule has 0 bridgehead atoms. The number of carbonyl (C=O) groups excluding carboxylic acids is 2. The lowest BCUT2D eigenvalue weighted by Crippen LogP contribution is -3.00. The molecule has 1 aliphatic rings. The summed E-state index contributed by atoms with van der Waals surface area (Å²) >= 11 is 0. The van der Waals surface area contributed by atoms with Crippen LogP contribution >= 0.6 is 0 Å². The van der Waals surface area contributed by atoms with E-state index in [1.807, 2.05) is 35.2 Å². The summed E-state index contributed by atoms with van der Waals surface area (Å²) in [6, 6.07) is 5.67. The molecule has 0 fully saturated rings. The molecule has 0 spiro atoms. The highest BCUT2D eigenvalue weighted by Crippen LogP contribution is 2.33. The molecular weight excluding hydrogens is 385 g/mol. The monoisotopic (exact) mass is 403 g/mol. The highest BCUT2D eigenvalue weighted by Gasteiger charge is 2.45. The van der Waals surface area contributed by atoms with Gasteiger partial charge in [0.05, 0.1) is 12.2 Å². The standard InChI is InChI=1S/C15H18NO4.HI/c1-4-19-13(17)12-11(15(2,3)20-14(12)18)10-16-8-6-5-7-9-16;/h5-9H,4,10H2,1-3H3;1H/q+1;/p-1. The summed E-state index contributed by atoms with van der Waals surface area (Å²) in [6.45, 7) is 5.89. The number of hydrogen-bond donors (Lipinski definition) is 0. The van der Waals surface area contributed by atoms with E-state index in [9.17, 15) is 9.59 Å².